The second-order valence-corrected chi connectivity index (χ2v) is 3.65. The van der Waals surface area contributed by atoms with Gasteiger partial charge in [0.15, 0.2) is 11.5 Å². The van der Waals surface area contributed by atoms with Gasteiger partial charge in [-0.05, 0) is 23.5 Å². The average molecular weight is 254 g/mol. The molecule has 0 saturated carbocycles. The summed E-state index contributed by atoms with van der Waals surface area (Å²) in [4.78, 5) is 0. The first-order valence-electron chi connectivity index (χ1n) is 3.80. The summed E-state index contributed by atoms with van der Waals surface area (Å²) in [6.45, 7) is 1.93. The molecular formula is C6H12ClN5O2S. The van der Waals surface area contributed by atoms with E-state index in [4.69, 9.17) is 10.6 Å². The number of nitrogens with one attached hydrogen (secondary N) is 3. The van der Waals surface area contributed by atoms with Crippen molar-refractivity contribution in [3.63, 3.8) is 0 Å². The summed E-state index contributed by atoms with van der Waals surface area (Å²) in [5.74, 6) is 0.0699. The highest BCUT2D eigenvalue weighted by molar-refractivity contribution is 7.99. The van der Waals surface area contributed by atoms with Crippen molar-refractivity contribution in [3.05, 3.63) is 5.69 Å². The van der Waals surface area contributed by atoms with E-state index in [2.05, 4.69) is 20.3 Å². The lowest BCUT2D eigenvalue weighted by atomic mass is 10.4. The largest absolute Gasteiger partial charge is 0.354 e. The lowest BCUT2D eigenvalue weighted by molar-refractivity contribution is 0.233. The molecule has 0 aromatic carbocycles. The second-order valence-electron chi connectivity index (χ2n) is 2.47. The summed E-state index contributed by atoms with van der Waals surface area (Å²) in [5, 5.41) is 25.9. The minimum atomic E-state index is -0.262. The Morgan fingerprint density at radius 3 is 2.80 bits per heavy atom. The molecule has 0 saturated heterocycles. The van der Waals surface area contributed by atoms with Crippen molar-refractivity contribution in [2.24, 2.45) is 0 Å². The molecule has 9 heteroatoms. The van der Waals surface area contributed by atoms with Crippen LogP contribution in [0.5, 0.6) is 0 Å². The van der Waals surface area contributed by atoms with Gasteiger partial charge in [0, 0.05) is 0 Å². The fourth-order valence-corrected chi connectivity index (χ4v) is 0.981. The Morgan fingerprint density at radius 1 is 1.60 bits per heavy atom. The Balaban J connectivity index is 0.00000196. The zero-order valence-corrected chi connectivity index (χ0v) is 9.78. The monoisotopic (exact) mass is 253 g/mol. The van der Waals surface area contributed by atoms with Crippen LogP contribution in [0.1, 0.15) is 12.6 Å². The number of nitrogens with zero attached hydrogens (tertiary/aromatic N) is 2. The number of aromatic nitrogens is 2. The van der Waals surface area contributed by atoms with Gasteiger partial charge >= 0.3 is 0 Å². The molecule has 0 bridgehead atoms. The van der Waals surface area contributed by atoms with Crippen LogP contribution in [0.3, 0.4) is 0 Å². The van der Waals surface area contributed by atoms with Crippen LogP contribution >= 0.6 is 24.2 Å². The number of thioether (sulfide) groups is 1. The van der Waals surface area contributed by atoms with Crippen molar-refractivity contribution in [2.75, 3.05) is 11.6 Å². The van der Waals surface area contributed by atoms with Crippen molar-refractivity contribution in [3.8, 4) is 0 Å². The van der Waals surface area contributed by atoms with Gasteiger partial charge in [-0.2, -0.15) is 0 Å². The van der Waals surface area contributed by atoms with Crippen molar-refractivity contribution in [1.82, 2.24) is 15.8 Å². The van der Waals surface area contributed by atoms with E-state index in [1.54, 1.807) is 17.2 Å². The van der Waals surface area contributed by atoms with Crippen LogP contribution < -0.4 is 10.8 Å². The summed E-state index contributed by atoms with van der Waals surface area (Å²) >= 11 is 1.58. The number of rotatable bonds is 4. The molecule has 1 heterocycles. The fraction of sp³-hybridized carbons (Fsp3) is 0.500. The van der Waals surface area contributed by atoms with E-state index in [9.17, 15) is 0 Å². The number of hydrogen-bond donors (Lipinski definition) is 4. The normalized spacial score (nSPS) is 11.4. The minimum Gasteiger partial charge on any atom is -0.354 e. The molecule has 1 aromatic rings. The molecule has 0 spiro atoms. The predicted molar refractivity (Wildman–Crippen MR) is 59.9 cm³/mol. The molecule has 1 rings (SSSR count). The zero-order valence-electron chi connectivity index (χ0n) is 8.14. The number of hydrogen-bond acceptors (Lipinski definition) is 7. The van der Waals surface area contributed by atoms with Crippen LogP contribution in [0.15, 0.2) is 4.63 Å². The maximum absolute atomic E-state index is 8.51. The van der Waals surface area contributed by atoms with E-state index in [0.717, 1.165) is 0 Å². The van der Waals surface area contributed by atoms with E-state index >= 15 is 0 Å². The molecule has 1 unspecified atom stereocenters. The van der Waals surface area contributed by atoms with E-state index in [1.807, 2.05) is 13.2 Å². The standard InChI is InChI=1S/C6H11N5O2S.ClH/c1-3(14-2)8-6-4(5(7)9-12)10-13-11-6;/h3,12H,1-2H3,(H2,7,9)(H,8,11);1H. The third kappa shape index (κ3) is 3.57. The van der Waals surface area contributed by atoms with Gasteiger partial charge in [0.25, 0.3) is 0 Å². The average Bonchev–Trinajstić information content (AvgIpc) is 2.64. The van der Waals surface area contributed by atoms with Crippen molar-refractivity contribution >= 4 is 35.8 Å². The molecule has 15 heavy (non-hydrogen) atoms. The van der Waals surface area contributed by atoms with Gasteiger partial charge in [0.05, 0.1) is 5.37 Å². The molecule has 7 nitrogen and oxygen atoms in total. The van der Waals surface area contributed by atoms with Crippen molar-refractivity contribution in [1.29, 1.82) is 5.41 Å². The molecule has 0 aliphatic carbocycles. The van der Waals surface area contributed by atoms with Crippen molar-refractivity contribution in [2.45, 2.75) is 12.3 Å². The number of amidine groups is 1. The summed E-state index contributed by atoms with van der Waals surface area (Å²) in [6, 6.07) is 0. The Hall–Kier alpha value is -0.990. The van der Waals surface area contributed by atoms with E-state index in [-0.39, 0.29) is 29.3 Å². The highest BCUT2D eigenvalue weighted by Crippen LogP contribution is 2.14. The van der Waals surface area contributed by atoms with Crippen LogP contribution in [0.4, 0.5) is 5.82 Å². The van der Waals surface area contributed by atoms with Crippen LogP contribution in [0.2, 0.25) is 0 Å². The lowest BCUT2D eigenvalue weighted by Gasteiger charge is -2.09. The molecule has 0 aliphatic heterocycles. The van der Waals surface area contributed by atoms with Crippen LogP contribution in [-0.4, -0.2) is 33.0 Å². The predicted octanol–water partition coefficient (Wildman–Crippen LogP) is 0.916. The van der Waals surface area contributed by atoms with E-state index in [0.29, 0.717) is 5.82 Å². The fourth-order valence-electron chi connectivity index (χ4n) is 0.752. The third-order valence-electron chi connectivity index (χ3n) is 1.53. The molecule has 0 fully saturated rings. The Labute approximate surface area is 96.8 Å². The van der Waals surface area contributed by atoms with Crippen LogP contribution in [0.25, 0.3) is 0 Å². The summed E-state index contributed by atoms with van der Waals surface area (Å²) in [6.07, 6.45) is 1.93. The minimum absolute atomic E-state index is 0. The molecule has 86 valence electrons. The molecule has 0 radical (unpaired) electrons. The van der Waals surface area contributed by atoms with Crippen LogP contribution in [0, 0.1) is 5.41 Å². The summed E-state index contributed by atoms with van der Waals surface area (Å²) in [7, 11) is 0. The van der Waals surface area contributed by atoms with Gasteiger partial charge in [0.1, 0.15) is 0 Å². The maximum Gasteiger partial charge on any atom is 0.203 e. The van der Waals surface area contributed by atoms with Gasteiger partial charge in [-0.1, -0.05) is 0 Å². The molecule has 0 amide bonds. The first-order valence-corrected chi connectivity index (χ1v) is 5.08. The van der Waals surface area contributed by atoms with Gasteiger partial charge < -0.3 is 5.32 Å². The van der Waals surface area contributed by atoms with Gasteiger partial charge in [-0.3, -0.25) is 16.1 Å². The molecule has 0 aliphatic rings. The van der Waals surface area contributed by atoms with E-state index in [1.165, 1.54) is 0 Å². The summed E-state index contributed by atoms with van der Waals surface area (Å²) in [5.41, 5.74) is 1.82. The summed E-state index contributed by atoms with van der Waals surface area (Å²) < 4.78 is 4.45. The molecule has 1 atom stereocenters. The first kappa shape index (κ1) is 14.0. The smallest absolute Gasteiger partial charge is 0.203 e. The number of anilines is 1. The number of hydroxylamine groups is 1. The SMILES string of the molecule is CSC(C)Nc1nonc1C(=N)NO.Cl. The Bertz CT molecular complexity index is 320. The quantitative estimate of drug-likeness (QED) is 0.273. The van der Waals surface area contributed by atoms with Crippen LogP contribution in [-0.2, 0) is 0 Å². The molecule has 1 aromatic heterocycles. The van der Waals surface area contributed by atoms with Gasteiger partial charge in [-0.25, -0.2) is 4.63 Å². The highest BCUT2D eigenvalue weighted by atomic mass is 35.5. The number of halogens is 1. The maximum atomic E-state index is 8.51. The Kier molecular flexibility index (Phi) is 6.06. The van der Waals surface area contributed by atoms with Crippen molar-refractivity contribution < 1.29 is 9.84 Å². The zero-order chi connectivity index (χ0) is 10.6. The molecule has 4 N–H and O–H groups in total. The first-order chi connectivity index (χ1) is 6.69. The highest BCUT2D eigenvalue weighted by Gasteiger charge is 2.15. The van der Waals surface area contributed by atoms with Gasteiger partial charge in [0.2, 0.25) is 5.82 Å². The Morgan fingerprint density at radius 2 is 2.27 bits per heavy atom. The topological polar surface area (TPSA) is 107 Å². The molecular weight excluding hydrogens is 242 g/mol. The lowest BCUT2D eigenvalue weighted by Crippen LogP contribution is -2.22. The third-order valence-corrected chi connectivity index (χ3v) is 2.36. The van der Waals surface area contributed by atoms with E-state index < -0.39 is 0 Å². The van der Waals surface area contributed by atoms with Gasteiger partial charge in [-0.15, -0.1) is 24.2 Å². The second kappa shape index (κ2) is 6.49.